The fourth-order valence-electron chi connectivity index (χ4n) is 1.33. The maximum Gasteiger partial charge on any atom is 0.144 e. The molecule has 0 spiro atoms. The highest BCUT2D eigenvalue weighted by Crippen LogP contribution is 2.09. The molecule has 2 N–H and O–H groups in total. The lowest BCUT2D eigenvalue weighted by Crippen LogP contribution is -2.26. The van der Waals surface area contributed by atoms with Crippen molar-refractivity contribution < 1.29 is 5.11 Å². The summed E-state index contributed by atoms with van der Waals surface area (Å²) in [5.41, 5.74) is 0. The normalized spacial score (nSPS) is 12.9. The van der Waals surface area contributed by atoms with Crippen molar-refractivity contribution in [2.24, 2.45) is 5.92 Å². The Kier molecular flexibility index (Phi) is 4.32. The predicted molar refractivity (Wildman–Crippen MR) is 56.0 cm³/mol. The average molecular weight is 195 g/mol. The molecule has 0 bridgehead atoms. The molecule has 0 aliphatic rings. The molecule has 0 fully saturated rings. The number of hydrogen-bond acceptors (Lipinski definition) is 4. The first-order chi connectivity index (χ1) is 6.72. The summed E-state index contributed by atoms with van der Waals surface area (Å²) in [6, 6.07) is 0.0618. The Labute approximate surface area is 84.4 Å². The largest absolute Gasteiger partial charge is 0.394 e. The smallest absolute Gasteiger partial charge is 0.144 e. The second kappa shape index (κ2) is 5.54. The van der Waals surface area contributed by atoms with Crippen molar-refractivity contribution in [3.05, 3.63) is 18.6 Å². The molecule has 78 valence electrons. The number of nitrogens with one attached hydrogen (secondary N) is 1. The third-order valence-corrected chi connectivity index (χ3v) is 1.89. The second-order valence-electron chi connectivity index (χ2n) is 3.74. The molecule has 14 heavy (non-hydrogen) atoms. The number of rotatable bonds is 5. The lowest BCUT2D eigenvalue weighted by molar-refractivity contribution is 0.259. The molecule has 0 amide bonds. The quantitative estimate of drug-likeness (QED) is 0.743. The van der Waals surface area contributed by atoms with Crippen molar-refractivity contribution in [3.8, 4) is 0 Å². The van der Waals surface area contributed by atoms with Crippen molar-refractivity contribution in [1.29, 1.82) is 0 Å². The molecule has 0 aliphatic carbocycles. The van der Waals surface area contributed by atoms with Gasteiger partial charge in [-0.15, -0.1) is 0 Å². The van der Waals surface area contributed by atoms with Gasteiger partial charge in [-0.25, -0.2) is 4.98 Å². The van der Waals surface area contributed by atoms with Crippen molar-refractivity contribution >= 4 is 5.82 Å². The molecule has 0 saturated heterocycles. The van der Waals surface area contributed by atoms with Crippen molar-refractivity contribution in [1.82, 2.24) is 9.97 Å². The number of aliphatic hydroxyl groups excluding tert-OH is 1. The van der Waals surface area contributed by atoms with E-state index in [2.05, 4.69) is 29.1 Å². The van der Waals surface area contributed by atoms with Gasteiger partial charge < -0.3 is 10.4 Å². The zero-order valence-electron chi connectivity index (χ0n) is 8.64. The molecular formula is C10H17N3O. The summed E-state index contributed by atoms with van der Waals surface area (Å²) in [6.07, 6.45) is 5.84. The van der Waals surface area contributed by atoms with E-state index in [1.54, 1.807) is 18.6 Å². The van der Waals surface area contributed by atoms with Gasteiger partial charge >= 0.3 is 0 Å². The summed E-state index contributed by atoms with van der Waals surface area (Å²) in [5.74, 6) is 1.27. The lowest BCUT2D eigenvalue weighted by atomic mass is 10.0. The fourth-order valence-corrected chi connectivity index (χ4v) is 1.33. The van der Waals surface area contributed by atoms with Gasteiger partial charge in [-0.1, -0.05) is 13.8 Å². The van der Waals surface area contributed by atoms with E-state index < -0.39 is 0 Å². The molecule has 1 atom stereocenters. The molecule has 4 heteroatoms. The molecule has 0 aromatic carbocycles. The summed E-state index contributed by atoms with van der Waals surface area (Å²) in [4.78, 5) is 8.03. The number of anilines is 1. The Balaban J connectivity index is 2.48. The van der Waals surface area contributed by atoms with Crippen LogP contribution in [-0.4, -0.2) is 27.7 Å². The van der Waals surface area contributed by atoms with Crippen molar-refractivity contribution in [3.63, 3.8) is 0 Å². The summed E-state index contributed by atoms with van der Waals surface area (Å²) in [7, 11) is 0. The van der Waals surface area contributed by atoms with Gasteiger partial charge in [0.15, 0.2) is 0 Å². The zero-order chi connectivity index (χ0) is 10.4. The van der Waals surface area contributed by atoms with E-state index >= 15 is 0 Å². The van der Waals surface area contributed by atoms with Crippen LogP contribution in [0.1, 0.15) is 20.3 Å². The molecule has 1 heterocycles. The van der Waals surface area contributed by atoms with Crippen LogP contribution in [-0.2, 0) is 0 Å². The second-order valence-corrected chi connectivity index (χ2v) is 3.74. The Hall–Kier alpha value is -1.16. The van der Waals surface area contributed by atoms with E-state index in [0.717, 1.165) is 6.42 Å². The number of aliphatic hydroxyl groups is 1. The average Bonchev–Trinajstić information content (AvgIpc) is 2.17. The Morgan fingerprint density at radius 1 is 1.43 bits per heavy atom. The Morgan fingerprint density at radius 3 is 2.71 bits per heavy atom. The molecule has 0 radical (unpaired) electrons. The van der Waals surface area contributed by atoms with E-state index in [-0.39, 0.29) is 12.6 Å². The van der Waals surface area contributed by atoms with E-state index in [0.29, 0.717) is 11.7 Å². The van der Waals surface area contributed by atoms with Gasteiger partial charge in [0, 0.05) is 12.4 Å². The zero-order valence-corrected chi connectivity index (χ0v) is 8.64. The molecule has 1 rings (SSSR count). The van der Waals surface area contributed by atoms with Crippen LogP contribution in [0.2, 0.25) is 0 Å². The SMILES string of the molecule is CC(C)CC(CO)Nc1cnccn1. The molecule has 1 unspecified atom stereocenters. The Bertz CT molecular complexity index is 251. The minimum Gasteiger partial charge on any atom is -0.394 e. The minimum atomic E-state index is 0.0618. The van der Waals surface area contributed by atoms with Gasteiger partial charge in [0.2, 0.25) is 0 Å². The number of hydrogen-bond donors (Lipinski definition) is 2. The Morgan fingerprint density at radius 2 is 2.21 bits per heavy atom. The summed E-state index contributed by atoms with van der Waals surface area (Å²) in [6.45, 7) is 4.37. The van der Waals surface area contributed by atoms with Crippen LogP contribution in [0.25, 0.3) is 0 Å². The third-order valence-electron chi connectivity index (χ3n) is 1.89. The monoisotopic (exact) mass is 195 g/mol. The van der Waals surface area contributed by atoms with Gasteiger partial charge in [0.25, 0.3) is 0 Å². The van der Waals surface area contributed by atoms with Crippen LogP contribution < -0.4 is 5.32 Å². The van der Waals surface area contributed by atoms with E-state index in [4.69, 9.17) is 5.11 Å². The molecule has 1 aromatic rings. The van der Waals surface area contributed by atoms with E-state index in [1.165, 1.54) is 0 Å². The molecule has 4 nitrogen and oxygen atoms in total. The first-order valence-corrected chi connectivity index (χ1v) is 4.85. The van der Waals surface area contributed by atoms with Gasteiger partial charge in [0.05, 0.1) is 18.8 Å². The highest BCUT2D eigenvalue weighted by atomic mass is 16.3. The molecular weight excluding hydrogens is 178 g/mol. The highest BCUT2D eigenvalue weighted by molar-refractivity contribution is 5.31. The van der Waals surface area contributed by atoms with Crippen molar-refractivity contribution in [2.75, 3.05) is 11.9 Å². The first-order valence-electron chi connectivity index (χ1n) is 4.85. The number of aromatic nitrogens is 2. The number of nitrogens with zero attached hydrogens (tertiary/aromatic N) is 2. The summed E-state index contributed by atoms with van der Waals surface area (Å²) in [5, 5.41) is 12.3. The van der Waals surface area contributed by atoms with Crippen molar-refractivity contribution in [2.45, 2.75) is 26.3 Å². The minimum absolute atomic E-state index is 0.0618. The fraction of sp³-hybridized carbons (Fsp3) is 0.600. The maximum atomic E-state index is 9.13. The summed E-state index contributed by atoms with van der Waals surface area (Å²) >= 11 is 0. The van der Waals surface area contributed by atoms with E-state index in [9.17, 15) is 0 Å². The van der Waals surface area contributed by atoms with E-state index in [1.807, 2.05) is 0 Å². The molecule has 1 aromatic heterocycles. The molecule has 0 aliphatic heterocycles. The standard InChI is InChI=1S/C10H17N3O/c1-8(2)5-9(7-14)13-10-6-11-3-4-12-10/h3-4,6,8-9,14H,5,7H2,1-2H3,(H,12,13). The van der Waals surface area contributed by atoms with Crippen LogP contribution >= 0.6 is 0 Å². The summed E-state index contributed by atoms with van der Waals surface area (Å²) < 4.78 is 0. The van der Waals surface area contributed by atoms with Gasteiger partial charge in [-0.05, 0) is 12.3 Å². The maximum absolute atomic E-state index is 9.13. The highest BCUT2D eigenvalue weighted by Gasteiger charge is 2.09. The first kappa shape index (κ1) is 10.9. The predicted octanol–water partition coefficient (Wildman–Crippen LogP) is 1.30. The lowest BCUT2D eigenvalue weighted by Gasteiger charge is -2.18. The van der Waals surface area contributed by atoms with Crippen LogP contribution in [0.15, 0.2) is 18.6 Å². The van der Waals surface area contributed by atoms with Gasteiger partial charge in [0.1, 0.15) is 5.82 Å². The van der Waals surface area contributed by atoms with Gasteiger partial charge in [-0.3, -0.25) is 4.98 Å². The van der Waals surface area contributed by atoms with Crippen LogP contribution in [0.5, 0.6) is 0 Å². The van der Waals surface area contributed by atoms with Gasteiger partial charge in [-0.2, -0.15) is 0 Å². The van der Waals surface area contributed by atoms with Crippen LogP contribution in [0.3, 0.4) is 0 Å². The van der Waals surface area contributed by atoms with Crippen LogP contribution in [0.4, 0.5) is 5.82 Å². The third kappa shape index (κ3) is 3.70. The topological polar surface area (TPSA) is 58.0 Å². The molecule has 0 saturated carbocycles. The van der Waals surface area contributed by atoms with Crippen LogP contribution in [0, 0.1) is 5.92 Å².